The van der Waals surface area contributed by atoms with Crippen LogP contribution in [0.5, 0.6) is 5.75 Å². The van der Waals surface area contributed by atoms with E-state index in [0.717, 1.165) is 36.4 Å². The van der Waals surface area contributed by atoms with Crippen molar-refractivity contribution in [3.8, 4) is 16.9 Å². The maximum Gasteiger partial charge on any atom is 0.121 e. The molecule has 5 heteroatoms. The van der Waals surface area contributed by atoms with Crippen LogP contribution in [0, 0.1) is 0 Å². The second-order valence-corrected chi connectivity index (χ2v) is 4.33. The Balaban J connectivity index is 2.15. The van der Waals surface area contributed by atoms with Gasteiger partial charge in [0, 0.05) is 43.8 Å². The largest absolute Gasteiger partial charge is 0.497 e. The Kier molecular flexibility index (Phi) is 4.41. The van der Waals surface area contributed by atoms with Gasteiger partial charge >= 0.3 is 0 Å². The molecule has 1 heterocycles. The quantitative estimate of drug-likeness (QED) is 0.639. The zero-order chi connectivity index (χ0) is 13.7. The first-order valence-corrected chi connectivity index (χ1v) is 6.19. The van der Waals surface area contributed by atoms with Gasteiger partial charge in [0.05, 0.1) is 13.3 Å². The van der Waals surface area contributed by atoms with Crippen molar-refractivity contribution in [3.63, 3.8) is 0 Å². The zero-order valence-corrected chi connectivity index (χ0v) is 11.3. The highest BCUT2D eigenvalue weighted by atomic mass is 16.5. The lowest BCUT2D eigenvalue weighted by molar-refractivity contribution is 0.189. The molecule has 0 aliphatic rings. The van der Waals surface area contributed by atoms with Gasteiger partial charge in [-0.05, 0) is 24.1 Å². The van der Waals surface area contributed by atoms with E-state index in [0.29, 0.717) is 5.69 Å². The molecule has 5 nitrogen and oxygen atoms in total. The van der Waals surface area contributed by atoms with Crippen LogP contribution in [0.3, 0.4) is 0 Å². The first-order chi connectivity index (χ1) is 9.22. The average Bonchev–Trinajstić information content (AvgIpc) is 2.87. The Morgan fingerprint density at radius 2 is 2.05 bits per heavy atom. The molecule has 0 saturated carbocycles. The van der Waals surface area contributed by atoms with Crippen molar-refractivity contribution in [1.82, 2.24) is 9.78 Å². The number of ether oxygens (including phenoxy) is 2. The van der Waals surface area contributed by atoms with Crippen LogP contribution >= 0.6 is 0 Å². The monoisotopic (exact) mass is 261 g/mol. The lowest BCUT2D eigenvalue weighted by Gasteiger charge is -2.05. The van der Waals surface area contributed by atoms with Crippen LogP contribution in [0.15, 0.2) is 30.6 Å². The number of methoxy groups -OCH3 is 2. The van der Waals surface area contributed by atoms with Crippen LogP contribution in [0.1, 0.15) is 6.42 Å². The summed E-state index contributed by atoms with van der Waals surface area (Å²) in [6.45, 7) is 1.58. The van der Waals surface area contributed by atoms with E-state index in [4.69, 9.17) is 15.2 Å². The minimum Gasteiger partial charge on any atom is -0.497 e. The van der Waals surface area contributed by atoms with Gasteiger partial charge in [-0.15, -0.1) is 0 Å². The van der Waals surface area contributed by atoms with Gasteiger partial charge in [0.1, 0.15) is 5.75 Å². The van der Waals surface area contributed by atoms with Gasteiger partial charge in [-0.1, -0.05) is 0 Å². The molecular formula is C14H19N3O2. The van der Waals surface area contributed by atoms with E-state index in [1.165, 1.54) is 0 Å². The molecule has 2 aromatic rings. The number of aryl methyl sites for hydroxylation is 1. The third kappa shape index (κ3) is 3.48. The van der Waals surface area contributed by atoms with Gasteiger partial charge in [-0.3, -0.25) is 4.68 Å². The lowest BCUT2D eigenvalue weighted by Crippen LogP contribution is -2.01. The summed E-state index contributed by atoms with van der Waals surface area (Å²) in [4.78, 5) is 0. The summed E-state index contributed by atoms with van der Waals surface area (Å²) >= 11 is 0. The number of hydrogen-bond acceptors (Lipinski definition) is 4. The van der Waals surface area contributed by atoms with Crippen molar-refractivity contribution in [2.45, 2.75) is 13.0 Å². The van der Waals surface area contributed by atoms with Gasteiger partial charge in [0.25, 0.3) is 0 Å². The fraction of sp³-hybridized carbons (Fsp3) is 0.357. The average molecular weight is 261 g/mol. The highest BCUT2D eigenvalue weighted by Crippen LogP contribution is 2.26. The number of nitrogen functional groups attached to an aromatic ring is 1. The molecule has 2 N–H and O–H groups in total. The molecule has 0 aliphatic carbocycles. The first-order valence-electron chi connectivity index (χ1n) is 6.19. The third-order valence-corrected chi connectivity index (χ3v) is 2.87. The molecule has 1 aromatic heterocycles. The van der Waals surface area contributed by atoms with Crippen molar-refractivity contribution in [3.05, 3.63) is 30.6 Å². The van der Waals surface area contributed by atoms with Gasteiger partial charge < -0.3 is 15.2 Å². The Morgan fingerprint density at radius 1 is 1.21 bits per heavy atom. The van der Waals surface area contributed by atoms with Crippen molar-refractivity contribution in [2.24, 2.45) is 0 Å². The normalized spacial score (nSPS) is 10.6. The number of anilines is 1. The number of nitrogens with zero attached hydrogens (tertiary/aromatic N) is 2. The number of aromatic nitrogens is 2. The minimum atomic E-state index is 0.682. The summed E-state index contributed by atoms with van der Waals surface area (Å²) in [5, 5.41) is 4.33. The van der Waals surface area contributed by atoms with Crippen LogP contribution in [0.4, 0.5) is 5.69 Å². The molecule has 102 valence electrons. The predicted octanol–water partition coefficient (Wildman–Crippen LogP) is 2.18. The fourth-order valence-corrected chi connectivity index (χ4v) is 1.91. The van der Waals surface area contributed by atoms with Crippen LogP contribution in [0.25, 0.3) is 11.1 Å². The van der Waals surface area contributed by atoms with E-state index in [1.54, 1.807) is 20.3 Å². The van der Waals surface area contributed by atoms with Crippen molar-refractivity contribution in [1.29, 1.82) is 0 Å². The topological polar surface area (TPSA) is 62.3 Å². The number of benzene rings is 1. The second-order valence-electron chi connectivity index (χ2n) is 4.33. The SMILES string of the molecule is COCCCn1cc(-c2cc(N)cc(OC)c2)cn1. The van der Waals surface area contributed by atoms with E-state index in [1.807, 2.05) is 29.2 Å². The molecule has 0 atom stereocenters. The second kappa shape index (κ2) is 6.24. The molecule has 1 aromatic carbocycles. The molecule has 0 aliphatic heterocycles. The summed E-state index contributed by atoms with van der Waals surface area (Å²) < 4.78 is 12.2. The molecular weight excluding hydrogens is 242 g/mol. The third-order valence-electron chi connectivity index (χ3n) is 2.87. The summed E-state index contributed by atoms with van der Waals surface area (Å²) in [5.74, 6) is 0.752. The van der Waals surface area contributed by atoms with Crippen molar-refractivity contribution in [2.75, 3.05) is 26.6 Å². The molecule has 0 saturated heterocycles. The molecule has 19 heavy (non-hydrogen) atoms. The maximum absolute atomic E-state index is 5.85. The standard InChI is InChI=1S/C14H19N3O2/c1-18-5-3-4-17-10-12(9-16-17)11-6-13(15)8-14(7-11)19-2/h6-10H,3-5,15H2,1-2H3. The molecule has 0 fully saturated rings. The zero-order valence-electron chi connectivity index (χ0n) is 11.3. The number of hydrogen-bond donors (Lipinski definition) is 1. The van der Waals surface area contributed by atoms with E-state index in [9.17, 15) is 0 Å². The Bertz CT molecular complexity index is 537. The van der Waals surface area contributed by atoms with E-state index < -0.39 is 0 Å². The Hall–Kier alpha value is -2.01. The van der Waals surface area contributed by atoms with E-state index >= 15 is 0 Å². The van der Waals surface area contributed by atoms with Gasteiger partial charge in [0.2, 0.25) is 0 Å². The van der Waals surface area contributed by atoms with Crippen molar-refractivity contribution >= 4 is 5.69 Å². The highest BCUT2D eigenvalue weighted by molar-refractivity contribution is 5.68. The van der Waals surface area contributed by atoms with E-state index in [2.05, 4.69) is 5.10 Å². The van der Waals surface area contributed by atoms with Gasteiger partial charge in [-0.2, -0.15) is 5.10 Å². The Labute approximate surface area is 112 Å². The molecule has 0 unspecified atom stereocenters. The minimum absolute atomic E-state index is 0.682. The molecule has 0 radical (unpaired) electrons. The first kappa shape index (κ1) is 13.4. The summed E-state index contributed by atoms with van der Waals surface area (Å²) in [6.07, 6.45) is 4.78. The summed E-state index contributed by atoms with van der Waals surface area (Å²) in [7, 11) is 3.33. The van der Waals surface area contributed by atoms with E-state index in [-0.39, 0.29) is 0 Å². The van der Waals surface area contributed by atoms with Crippen LogP contribution in [0.2, 0.25) is 0 Å². The molecule has 2 rings (SSSR count). The maximum atomic E-state index is 5.85. The fourth-order valence-electron chi connectivity index (χ4n) is 1.91. The lowest BCUT2D eigenvalue weighted by atomic mass is 10.1. The van der Waals surface area contributed by atoms with Crippen LogP contribution in [-0.2, 0) is 11.3 Å². The van der Waals surface area contributed by atoms with Gasteiger partial charge in [0.15, 0.2) is 0 Å². The predicted molar refractivity (Wildman–Crippen MR) is 75.1 cm³/mol. The number of rotatable bonds is 6. The highest BCUT2D eigenvalue weighted by Gasteiger charge is 2.05. The Morgan fingerprint density at radius 3 is 2.79 bits per heavy atom. The summed E-state index contributed by atoms with van der Waals surface area (Å²) in [6, 6.07) is 5.67. The molecule has 0 amide bonds. The molecule has 0 bridgehead atoms. The van der Waals surface area contributed by atoms with Crippen molar-refractivity contribution < 1.29 is 9.47 Å². The van der Waals surface area contributed by atoms with Gasteiger partial charge in [-0.25, -0.2) is 0 Å². The van der Waals surface area contributed by atoms with Crippen LogP contribution in [-0.4, -0.2) is 30.6 Å². The van der Waals surface area contributed by atoms with Crippen LogP contribution < -0.4 is 10.5 Å². The smallest absolute Gasteiger partial charge is 0.121 e. The number of nitrogens with two attached hydrogens (primary N) is 1. The molecule has 0 spiro atoms. The summed E-state index contributed by atoms with van der Waals surface area (Å²) in [5.41, 5.74) is 8.58.